The minimum absolute atomic E-state index is 0.113. The zero-order valence-corrected chi connectivity index (χ0v) is 26.2. The molecule has 0 saturated carbocycles. The predicted molar refractivity (Wildman–Crippen MR) is 174 cm³/mol. The van der Waals surface area contributed by atoms with Crippen LogP contribution >= 0.6 is 0 Å². The van der Waals surface area contributed by atoms with E-state index in [1.165, 1.54) is 36.7 Å². The van der Waals surface area contributed by atoms with Crippen LogP contribution in [-0.2, 0) is 20.4 Å². The Morgan fingerprint density at radius 2 is 1.70 bits per heavy atom. The van der Waals surface area contributed by atoms with Crippen molar-refractivity contribution in [2.45, 2.75) is 17.4 Å². The molecule has 5 aromatic rings. The standard InChI is InChI=1S/C35H29FN6O4S/c1-2-46-30-10-4-3-9-27(30)35(41-19-17-40(18-20-41)26-14-16-38-32(36)22-26)28-21-24(23-37)12-13-29(28)42(34(35)43)47(44,45)31-11-5-7-25-8-6-15-39-33(25)31/h3-16,21-22H,2,17-20H2,1H3. The summed E-state index contributed by atoms with van der Waals surface area (Å²) in [6.45, 7) is 3.55. The van der Waals surface area contributed by atoms with E-state index >= 15 is 4.79 Å². The number of benzene rings is 3. The van der Waals surface area contributed by atoms with Crippen LogP contribution < -0.4 is 13.9 Å². The molecule has 236 valence electrons. The highest BCUT2D eigenvalue weighted by Gasteiger charge is 2.60. The van der Waals surface area contributed by atoms with E-state index in [0.29, 0.717) is 60.7 Å². The molecule has 2 aliphatic heterocycles. The van der Waals surface area contributed by atoms with Crippen molar-refractivity contribution < 1.29 is 22.3 Å². The molecule has 0 spiro atoms. The molecule has 0 aliphatic carbocycles. The van der Waals surface area contributed by atoms with E-state index < -0.39 is 27.4 Å². The van der Waals surface area contributed by atoms with Crippen molar-refractivity contribution in [3.05, 3.63) is 120 Å². The maximum atomic E-state index is 15.4. The van der Waals surface area contributed by atoms with Crippen molar-refractivity contribution in [2.24, 2.45) is 0 Å². The van der Waals surface area contributed by atoms with Crippen LogP contribution in [0.3, 0.4) is 0 Å². The van der Waals surface area contributed by atoms with E-state index in [2.05, 4.69) is 16.0 Å². The van der Waals surface area contributed by atoms with E-state index in [-0.39, 0.29) is 21.7 Å². The number of hydrogen-bond acceptors (Lipinski definition) is 9. The zero-order valence-electron chi connectivity index (χ0n) is 25.4. The minimum atomic E-state index is -4.54. The number of carbonyl (C=O) groups excluding carboxylic acids is 1. The van der Waals surface area contributed by atoms with Gasteiger partial charge in [-0.15, -0.1) is 0 Å². The van der Waals surface area contributed by atoms with Gasteiger partial charge in [0.2, 0.25) is 5.95 Å². The minimum Gasteiger partial charge on any atom is -0.493 e. The summed E-state index contributed by atoms with van der Waals surface area (Å²) in [6.07, 6.45) is 2.92. The lowest BCUT2D eigenvalue weighted by molar-refractivity contribution is -0.127. The Bertz CT molecular complexity index is 2180. The summed E-state index contributed by atoms with van der Waals surface area (Å²) < 4.78 is 50.5. The van der Waals surface area contributed by atoms with Crippen LogP contribution in [0.4, 0.5) is 15.8 Å². The molecule has 10 nitrogen and oxygen atoms in total. The van der Waals surface area contributed by atoms with E-state index in [1.807, 2.05) is 16.7 Å². The predicted octanol–water partition coefficient (Wildman–Crippen LogP) is 4.84. The second-order valence-corrected chi connectivity index (χ2v) is 13.0. The largest absolute Gasteiger partial charge is 0.493 e. The second-order valence-electron chi connectivity index (χ2n) is 11.2. The normalized spacial score (nSPS) is 18.3. The van der Waals surface area contributed by atoms with Gasteiger partial charge in [0, 0.05) is 66.8 Å². The van der Waals surface area contributed by atoms with Crippen molar-refractivity contribution in [2.75, 3.05) is 42.0 Å². The van der Waals surface area contributed by atoms with Crippen LogP contribution in [0, 0.1) is 17.3 Å². The SMILES string of the molecule is CCOc1ccccc1C1(N2CCN(c3ccnc(F)c3)CC2)C(=O)N(S(=O)(=O)c2cccc3cccnc23)c2ccc(C#N)cc21. The number of anilines is 2. The number of rotatable bonds is 7. The maximum absolute atomic E-state index is 15.4. The van der Waals surface area contributed by atoms with Crippen LogP contribution in [0.2, 0.25) is 0 Å². The molecule has 4 heterocycles. The molecule has 1 fully saturated rings. The first-order chi connectivity index (χ1) is 22.8. The molecule has 0 bridgehead atoms. The van der Waals surface area contributed by atoms with Crippen molar-refractivity contribution in [3.63, 3.8) is 0 Å². The second kappa shape index (κ2) is 11.8. The first kappa shape index (κ1) is 30.3. The molecule has 2 aromatic heterocycles. The highest BCUT2D eigenvalue weighted by molar-refractivity contribution is 7.93. The lowest BCUT2D eigenvalue weighted by atomic mass is 9.80. The third kappa shape index (κ3) is 4.78. The number of piperazine rings is 1. The molecule has 1 amide bonds. The Kier molecular flexibility index (Phi) is 7.58. The molecule has 0 radical (unpaired) electrons. The molecule has 0 N–H and O–H groups in total. The number of halogens is 1. The van der Waals surface area contributed by atoms with E-state index in [4.69, 9.17) is 4.74 Å². The first-order valence-electron chi connectivity index (χ1n) is 15.1. The molecular formula is C35H29FN6O4S. The monoisotopic (exact) mass is 648 g/mol. The molecule has 1 unspecified atom stereocenters. The fraction of sp³-hybridized carbons (Fsp3) is 0.200. The number of para-hydroxylation sites is 2. The third-order valence-electron chi connectivity index (χ3n) is 8.75. The number of nitrogens with zero attached hydrogens (tertiary/aromatic N) is 6. The summed E-state index contributed by atoms with van der Waals surface area (Å²) in [7, 11) is -4.54. The Balaban J connectivity index is 1.45. The van der Waals surface area contributed by atoms with E-state index in [9.17, 15) is 18.1 Å². The van der Waals surface area contributed by atoms with Gasteiger partial charge in [-0.1, -0.05) is 36.4 Å². The van der Waals surface area contributed by atoms with Gasteiger partial charge in [0.15, 0.2) is 5.54 Å². The number of sulfonamides is 1. The Morgan fingerprint density at radius 1 is 0.915 bits per heavy atom. The van der Waals surface area contributed by atoms with Gasteiger partial charge < -0.3 is 9.64 Å². The molecule has 47 heavy (non-hydrogen) atoms. The highest BCUT2D eigenvalue weighted by atomic mass is 32.2. The Hall–Kier alpha value is -5.38. The van der Waals surface area contributed by atoms with Crippen molar-refractivity contribution in [3.8, 4) is 11.8 Å². The quantitative estimate of drug-likeness (QED) is 0.228. The van der Waals surface area contributed by atoms with E-state index in [0.717, 1.165) is 4.31 Å². The van der Waals surface area contributed by atoms with Crippen LogP contribution in [0.15, 0.2) is 102 Å². The zero-order chi connectivity index (χ0) is 32.8. The molecule has 1 saturated heterocycles. The number of pyridine rings is 2. The third-order valence-corrected chi connectivity index (χ3v) is 10.5. The lowest BCUT2D eigenvalue weighted by Crippen LogP contribution is -2.60. The summed E-state index contributed by atoms with van der Waals surface area (Å²) in [5, 5.41) is 10.6. The fourth-order valence-corrected chi connectivity index (χ4v) is 8.37. The van der Waals surface area contributed by atoms with Gasteiger partial charge in [-0.25, -0.2) is 17.7 Å². The van der Waals surface area contributed by atoms with Gasteiger partial charge in [-0.3, -0.25) is 14.7 Å². The molecule has 2 aliphatic rings. The number of aromatic nitrogens is 2. The highest BCUT2D eigenvalue weighted by Crippen LogP contribution is 2.53. The van der Waals surface area contributed by atoms with Gasteiger partial charge in [0.25, 0.3) is 15.9 Å². The number of amides is 1. The average Bonchev–Trinajstić information content (AvgIpc) is 3.36. The van der Waals surface area contributed by atoms with Crippen molar-refractivity contribution >= 4 is 38.2 Å². The number of carbonyl (C=O) groups is 1. The molecular weight excluding hydrogens is 619 g/mol. The van der Waals surface area contributed by atoms with Gasteiger partial charge in [-0.2, -0.15) is 9.65 Å². The molecule has 3 aromatic carbocycles. The summed E-state index contributed by atoms with van der Waals surface area (Å²) in [6, 6.07) is 25.3. The van der Waals surface area contributed by atoms with Crippen molar-refractivity contribution in [1.29, 1.82) is 5.26 Å². The Labute approximate surface area is 271 Å². The van der Waals surface area contributed by atoms with Gasteiger partial charge in [0.1, 0.15) is 10.6 Å². The number of ether oxygens (including phenoxy) is 1. The smallest absolute Gasteiger partial charge is 0.273 e. The number of nitriles is 1. The summed E-state index contributed by atoms with van der Waals surface area (Å²) in [5.41, 5.74) is 0.434. The topological polar surface area (TPSA) is 120 Å². The van der Waals surface area contributed by atoms with Crippen LogP contribution in [-0.4, -0.2) is 62.0 Å². The Morgan fingerprint density at radius 3 is 2.47 bits per heavy atom. The summed E-state index contributed by atoms with van der Waals surface area (Å²) in [4.78, 5) is 27.2. The van der Waals surface area contributed by atoms with Crippen LogP contribution in [0.1, 0.15) is 23.6 Å². The van der Waals surface area contributed by atoms with Crippen LogP contribution in [0.25, 0.3) is 10.9 Å². The lowest BCUT2D eigenvalue weighted by Gasteiger charge is -2.46. The number of fused-ring (bicyclic) bond motifs is 2. The molecule has 7 rings (SSSR count). The summed E-state index contributed by atoms with van der Waals surface area (Å²) in [5.74, 6) is -0.896. The van der Waals surface area contributed by atoms with Crippen molar-refractivity contribution in [1.82, 2.24) is 14.9 Å². The molecule has 1 atom stereocenters. The maximum Gasteiger partial charge on any atom is 0.273 e. The van der Waals surface area contributed by atoms with Gasteiger partial charge >= 0.3 is 0 Å². The van der Waals surface area contributed by atoms with Gasteiger partial charge in [0.05, 0.1) is 29.4 Å². The number of hydrogen-bond donors (Lipinski definition) is 0. The van der Waals surface area contributed by atoms with Crippen LogP contribution in [0.5, 0.6) is 5.75 Å². The fourth-order valence-electron chi connectivity index (χ4n) is 6.74. The summed E-state index contributed by atoms with van der Waals surface area (Å²) >= 11 is 0. The first-order valence-corrected chi connectivity index (χ1v) is 16.6. The average molecular weight is 649 g/mol. The van der Waals surface area contributed by atoms with Gasteiger partial charge in [-0.05, 0) is 49.4 Å². The van der Waals surface area contributed by atoms with E-state index in [1.54, 1.807) is 60.7 Å². The molecule has 12 heteroatoms.